The molecule has 1 N–H and O–H groups in total. The number of fused-ring (bicyclic) bond motifs is 1. The minimum Gasteiger partial charge on any atom is -0.487 e. The highest BCUT2D eigenvalue weighted by Crippen LogP contribution is 2.34. The highest BCUT2D eigenvalue weighted by atomic mass is 32.2. The summed E-state index contributed by atoms with van der Waals surface area (Å²) < 4.78 is 29.8. The number of carbonyl (C=O) groups is 1. The van der Waals surface area contributed by atoms with Crippen LogP contribution in [0.5, 0.6) is 5.75 Å². The molecule has 0 fully saturated rings. The Balaban J connectivity index is 2.31. The fraction of sp³-hybridized carbons (Fsp3) is 0.462. The molecule has 0 aliphatic carbocycles. The van der Waals surface area contributed by atoms with E-state index in [9.17, 15) is 13.2 Å². The molecule has 1 atom stereocenters. The number of carboxylic acid groups (broad SMARTS) is 1. The van der Waals surface area contributed by atoms with Crippen LogP contribution in [0.15, 0.2) is 23.1 Å². The lowest BCUT2D eigenvalue weighted by molar-refractivity contribution is -0.136. The molecule has 1 aromatic carbocycles. The number of nitrogens with zero attached hydrogens (tertiary/aromatic N) is 1. The van der Waals surface area contributed by atoms with E-state index in [0.29, 0.717) is 18.0 Å². The molecule has 0 radical (unpaired) electrons. The summed E-state index contributed by atoms with van der Waals surface area (Å²) in [5.74, 6) is -0.883. The molecular weight excluding hydrogens is 282 g/mol. The van der Waals surface area contributed by atoms with Crippen LogP contribution in [0, 0.1) is 0 Å². The van der Waals surface area contributed by atoms with Crippen molar-refractivity contribution < 1.29 is 23.1 Å². The highest BCUT2D eigenvalue weighted by molar-refractivity contribution is 7.91. The molecule has 1 unspecified atom stereocenters. The molecule has 20 heavy (non-hydrogen) atoms. The number of carboxylic acids is 1. The lowest BCUT2D eigenvalue weighted by atomic mass is 10.2. The van der Waals surface area contributed by atoms with Crippen molar-refractivity contribution in [2.45, 2.75) is 24.3 Å². The zero-order valence-electron chi connectivity index (χ0n) is 11.4. The average Bonchev–Trinajstić information content (AvgIpc) is 2.36. The van der Waals surface area contributed by atoms with Crippen LogP contribution in [-0.2, 0) is 14.6 Å². The van der Waals surface area contributed by atoms with E-state index >= 15 is 0 Å². The highest BCUT2D eigenvalue weighted by Gasteiger charge is 2.24. The van der Waals surface area contributed by atoms with Gasteiger partial charge in [-0.05, 0) is 25.1 Å². The Morgan fingerprint density at radius 3 is 2.85 bits per heavy atom. The van der Waals surface area contributed by atoms with Crippen LogP contribution in [0.3, 0.4) is 0 Å². The topological polar surface area (TPSA) is 83.9 Å². The standard InChI is InChI=1S/C13H17NO5S/c1-9-8-14(2)11-7-10(3-4-12(11)19-9)20(17,18)6-5-13(15)16/h3-4,7,9H,5-6,8H2,1-2H3,(H,15,16). The number of sulfone groups is 1. The van der Waals surface area contributed by atoms with Gasteiger partial charge < -0.3 is 14.7 Å². The predicted octanol–water partition coefficient (Wildman–Crippen LogP) is 1.15. The van der Waals surface area contributed by atoms with Crippen LogP contribution in [0.1, 0.15) is 13.3 Å². The molecule has 0 amide bonds. The maximum absolute atomic E-state index is 12.1. The van der Waals surface area contributed by atoms with Crippen LogP contribution >= 0.6 is 0 Å². The maximum Gasteiger partial charge on any atom is 0.304 e. The molecule has 7 heteroatoms. The molecule has 0 spiro atoms. The maximum atomic E-state index is 12.1. The van der Waals surface area contributed by atoms with Crippen molar-refractivity contribution in [3.05, 3.63) is 18.2 Å². The van der Waals surface area contributed by atoms with E-state index in [1.807, 2.05) is 18.9 Å². The van der Waals surface area contributed by atoms with Crippen molar-refractivity contribution in [1.29, 1.82) is 0 Å². The molecule has 1 aromatic rings. The van der Waals surface area contributed by atoms with Gasteiger partial charge in [-0.2, -0.15) is 0 Å². The Labute approximate surface area is 117 Å². The minimum absolute atomic E-state index is 0.0435. The number of anilines is 1. The van der Waals surface area contributed by atoms with Gasteiger partial charge in [-0.3, -0.25) is 4.79 Å². The Morgan fingerprint density at radius 2 is 2.20 bits per heavy atom. The fourth-order valence-electron chi connectivity index (χ4n) is 2.17. The molecule has 110 valence electrons. The number of hydrogen-bond acceptors (Lipinski definition) is 5. The number of likely N-dealkylation sites (N-methyl/N-ethyl adjacent to an activating group) is 1. The van der Waals surface area contributed by atoms with Crippen molar-refractivity contribution in [3.8, 4) is 5.75 Å². The Kier molecular flexibility index (Phi) is 3.89. The third-order valence-electron chi connectivity index (χ3n) is 3.14. The summed E-state index contributed by atoms with van der Waals surface area (Å²) in [5.41, 5.74) is 0.708. The second-order valence-corrected chi connectivity index (χ2v) is 7.01. The summed E-state index contributed by atoms with van der Waals surface area (Å²) in [7, 11) is -1.72. The summed E-state index contributed by atoms with van der Waals surface area (Å²) in [6.07, 6.45) is -0.357. The van der Waals surface area contributed by atoms with Crippen molar-refractivity contribution in [2.24, 2.45) is 0 Å². The summed E-state index contributed by atoms with van der Waals surface area (Å²) in [4.78, 5) is 12.6. The van der Waals surface area contributed by atoms with Gasteiger partial charge in [0.15, 0.2) is 9.84 Å². The van der Waals surface area contributed by atoms with E-state index in [1.165, 1.54) is 6.07 Å². The van der Waals surface area contributed by atoms with Gasteiger partial charge in [0, 0.05) is 7.05 Å². The molecule has 0 saturated carbocycles. The fourth-order valence-corrected chi connectivity index (χ4v) is 3.41. The first-order valence-corrected chi connectivity index (χ1v) is 7.91. The van der Waals surface area contributed by atoms with Gasteiger partial charge >= 0.3 is 5.97 Å². The first-order chi connectivity index (χ1) is 9.29. The number of rotatable bonds is 4. The number of benzene rings is 1. The van der Waals surface area contributed by atoms with Crippen LogP contribution < -0.4 is 9.64 Å². The zero-order valence-corrected chi connectivity index (χ0v) is 12.2. The van der Waals surface area contributed by atoms with Crippen LogP contribution in [0.4, 0.5) is 5.69 Å². The molecule has 1 aliphatic heterocycles. The number of hydrogen-bond donors (Lipinski definition) is 1. The normalized spacial score (nSPS) is 18.3. The van der Waals surface area contributed by atoms with Crippen molar-refractivity contribution in [1.82, 2.24) is 0 Å². The van der Waals surface area contributed by atoms with Gasteiger partial charge in [-0.15, -0.1) is 0 Å². The van der Waals surface area contributed by atoms with Gasteiger partial charge in [0.1, 0.15) is 11.9 Å². The first-order valence-electron chi connectivity index (χ1n) is 6.26. The molecule has 1 aliphatic rings. The molecule has 0 saturated heterocycles. The predicted molar refractivity (Wildman–Crippen MR) is 74.1 cm³/mol. The van der Waals surface area contributed by atoms with Crippen LogP contribution in [0.25, 0.3) is 0 Å². The Hall–Kier alpha value is -1.76. The van der Waals surface area contributed by atoms with Crippen LogP contribution in [0.2, 0.25) is 0 Å². The smallest absolute Gasteiger partial charge is 0.304 e. The summed E-state index contributed by atoms with van der Waals surface area (Å²) in [6.45, 7) is 2.61. The van der Waals surface area contributed by atoms with Crippen molar-refractivity contribution in [2.75, 3.05) is 24.2 Å². The average molecular weight is 299 g/mol. The quantitative estimate of drug-likeness (QED) is 0.898. The zero-order chi connectivity index (χ0) is 14.9. The molecule has 2 rings (SSSR count). The minimum atomic E-state index is -3.59. The largest absolute Gasteiger partial charge is 0.487 e. The first kappa shape index (κ1) is 14.6. The van der Waals surface area contributed by atoms with E-state index in [-0.39, 0.29) is 11.0 Å². The van der Waals surface area contributed by atoms with E-state index in [1.54, 1.807) is 12.1 Å². The van der Waals surface area contributed by atoms with E-state index in [2.05, 4.69) is 0 Å². The molecule has 1 heterocycles. The Bertz CT molecular complexity index is 626. The number of aliphatic carboxylic acids is 1. The van der Waals surface area contributed by atoms with Crippen molar-refractivity contribution in [3.63, 3.8) is 0 Å². The lowest BCUT2D eigenvalue weighted by Gasteiger charge is -2.32. The van der Waals surface area contributed by atoms with Gasteiger partial charge in [0.2, 0.25) is 0 Å². The van der Waals surface area contributed by atoms with Gasteiger partial charge in [-0.25, -0.2) is 8.42 Å². The molecule has 0 aromatic heterocycles. The third-order valence-corrected chi connectivity index (χ3v) is 4.86. The SMILES string of the molecule is CC1CN(C)c2cc(S(=O)(=O)CCC(=O)O)ccc2O1. The second kappa shape index (κ2) is 5.32. The number of ether oxygens (including phenoxy) is 1. The van der Waals surface area contributed by atoms with Gasteiger partial charge in [-0.1, -0.05) is 0 Å². The van der Waals surface area contributed by atoms with Gasteiger partial charge in [0.25, 0.3) is 0 Å². The van der Waals surface area contributed by atoms with Crippen LogP contribution in [-0.4, -0.2) is 44.9 Å². The molecular formula is C13H17NO5S. The third kappa shape index (κ3) is 3.04. The summed E-state index contributed by atoms with van der Waals surface area (Å²) >= 11 is 0. The Morgan fingerprint density at radius 1 is 1.50 bits per heavy atom. The van der Waals surface area contributed by atoms with Crippen molar-refractivity contribution >= 4 is 21.5 Å². The summed E-state index contributed by atoms with van der Waals surface area (Å²) in [6, 6.07) is 4.62. The lowest BCUT2D eigenvalue weighted by Crippen LogP contribution is -2.35. The summed E-state index contributed by atoms with van der Waals surface area (Å²) in [5, 5.41) is 8.59. The van der Waals surface area contributed by atoms with Gasteiger partial charge in [0.05, 0.1) is 29.3 Å². The molecule has 6 nitrogen and oxygen atoms in total. The van der Waals surface area contributed by atoms with E-state index < -0.39 is 28.0 Å². The van der Waals surface area contributed by atoms with E-state index in [0.717, 1.165) is 0 Å². The monoisotopic (exact) mass is 299 g/mol. The second-order valence-electron chi connectivity index (χ2n) is 4.90. The molecule has 0 bridgehead atoms. The van der Waals surface area contributed by atoms with E-state index in [4.69, 9.17) is 9.84 Å².